The van der Waals surface area contributed by atoms with Crippen LogP contribution in [0.5, 0.6) is 0 Å². The van der Waals surface area contributed by atoms with Gasteiger partial charge in [0.25, 0.3) is 0 Å². The molecule has 1 aliphatic rings. The molecule has 1 aromatic heterocycles. The molecule has 1 aliphatic carbocycles. The minimum Gasteiger partial charge on any atom is -0.481 e. The van der Waals surface area contributed by atoms with Gasteiger partial charge in [-0.15, -0.1) is 0 Å². The summed E-state index contributed by atoms with van der Waals surface area (Å²) in [4.78, 5) is 15.0. The molecule has 1 saturated carbocycles. The fourth-order valence-electron chi connectivity index (χ4n) is 2.23. The lowest BCUT2D eigenvalue weighted by atomic mass is 10.1. The number of carbonyl (C=O) groups is 1. The topological polar surface area (TPSA) is 55.1 Å². The fourth-order valence-corrected chi connectivity index (χ4v) is 2.96. The molecule has 1 fully saturated rings. The summed E-state index contributed by atoms with van der Waals surface area (Å²) in [7, 11) is 0. The SMILES string of the molecule is CC1(Cn2c(SCC(=O)O)nc3c(F)cccc32)CC1. The molecule has 1 aromatic carbocycles. The van der Waals surface area contributed by atoms with Crippen LogP contribution < -0.4 is 0 Å². The van der Waals surface area contributed by atoms with Crippen molar-refractivity contribution in [1.29, 1.82) is 0 Å². The van der Waals surface area contributed by atoms with Crippen LogP contribution in [0.4, 0.5) is 4.39 Å². The van der Waals surface area contributed by atoms with E-state index < -0.39 is 5.97 Å². The maximum Gasteiger partial charge on any atom is 0.313 e. The molecule has 0 aliphatic heterocycles. The van der Waals surface area contributed by atoms with Crippen LogP contribution >= 0.6 is 11.8 Å². The summed E-state index contributed by atoms with van der Waals surface area (Å²) in [6, 6.07) is 4.88. The quantitative estimate of drug-likeness (QED) is 0.861. The number of nitrogens with zero attached hydrogens (tertiary/aromatic N) is 2. The predicted molar refractivity (Wildman–Crippen MR) is 75.4 cm³/mol. The minimum atomic E-state index is -0.897. The molecular weight excluding hydrogens is 279 g/mol. The van der Waals surface area contributed by atoms with Crippen LogP contribution in [0.3, 0.4) is 0 Å². The molecule has 3 rings (SSSR count). The highest BCUT2D eigenvalue weighted by Gasteiger charge is 2.38. The van der Waals surface area contributed by atoms with E-state index in [2.05, 4.69) is 11.9 Å². The lowest BCUT2D eigenvalue weighted by Crippen LogP contribution is -2.10. The number of aliphatic carboxylic acids is 1. The Morgan fingerprint density at radius 2 is 2.30 bits per heavy atom. The zero-order valence-electron chi connectivity index (χ0n) is 11.1. The Morgan fingerprint density at radius 1 is 1.55 bits per heavy atom. The molecule has 2 aromatic rings. The second kappa shape index (κ2) is 4.77. The number of benzene rings is 1. The second-order valence-corrected chi connectivity index (χ2v) is 6.52. The maximum atomic E-state index is 13.8. The zero-order valence-corrected chi connectivity index (χ0v) is 11.9. The third-order valence-electron chi connectivity index (χ3n) is 3.66. The molecule has 0 saturated heterocycles. The molecule has 0 radical (unpaired) electrons. The van der Waals surface area contributed by atoms with Gasteiger partial charge in [0.2, 0.25) is 0 Å². The Hall–Kier alpha value is -1.56. The van der Waals surface area contributed by atoms with Crippen LogP contribution in [0.25, 0.3) is 11.0 Å². The van der Waals surface area contributed by atoms with E-state index in [1.807, 2.05) is 10.6 Å². The molecule has 6 heteroatoms. The second-order valence-electron chi connectivity index (χ2n) is 5.58. The third-order valence-corrected chi connectivity index (χ3v) is 4.62. The zero-order chi connectivity index (χ0) is 14.3. The van der Waals surface area contributed by atoms with Crippen molar-refractivity contribution in [3.63, 3.8) is 0 Å². The van der Waals surface area contributed by atoms with Gasteiger partial charge in [0, 0.05) is 6.54 Å². The van der Waals surface area contributed by atoms with Gasteiger partial charge in [-0.3, -0.25) is 4.79 Å². The molecule has 1 heterocycles. The molecule has 4 nitrogen and oxygen atoms in total. The molecule has 1 N–H and O–H groups in total. The van der Waals surface area contributed by atoms with E-state index in [-0.39, 0.29) is 17.0 Å². The van der Waals surface area contributed by atoms with Crippen molar-refractivity contribution in [3.05, 3.63) is 24.0 Å². The van der Waals surface area contributed by atoms with Gasteiger partial charge >= 0.3 is 5.97 Å². The van der Waals surface area contributed by atoms with E-state index in [1.165, 1.54) is 6.07 Å². The number of imidazole rings is 1. The van der Waals surface area contributed by atoms with Crippen molar-refractivity contribution in [3.8, 4) is 0 Å². The molecule has 0 atom stereocenters. The van der Waals surface area contributed by atoms with Crippen LogP contribution in [-0.2, 0) is 11.3 Å². The number of halogens is 1. The van der Waals surface area contributed by atoms with Gasteiger partial charge in [0.15, 0.2) is 11.0 Å². The standard InChI is InChI=1S/C14H15FN2O2S/c1-14(5-6-14)8-17-10-4-2-3-9(15)12(10)16-13(17)20-7-11(18)19/h2-4H,5-8H2,1H3,(H,18,19). The van der Waals surface area contributed by atoms with Gasteiger partial charge in [0.1, 0.15) is 5.52 Å². The number of aromatic nitrogens is 2. The van der Waals surface area contributed by atoms with Crippen molar-refractivity contribution >= 4 is 28.8 Å². The number of thioether (sulfide) groups is 1. The van der Waals surface area contributed by atoms with Crippen molar-refractivity contribution < 1.29 is 14.3 Å². The average Bonchev–Trinajstić information content (AvgIpc) is 3.01. The van der Waals surface area contributed by atoms with Gasteiger partial charge in [-0.05, 0) is 30.4 Å². The first-order chi connectivity index (χ1) is 9.48. The Kier molecular flexibility index (Phi) is 3.20. The molecule has 0 unspecified atom stereocenters. The van der Waals surface area contributed by atoms with Gasteiger partial charge in [-0.1, -0.05) is 24.8 Å². The Labute approximate surface area is 120 Å². The fraction of sp³-hybridized carbons (Fsp3) is 0.429. The van der Waals surface area contributed by atoms with Crippen LogP contribution in [-0.4, -0.2) is 26.4 Å². The van der Waals surface area contributed by atoms with Gasteiger partial charge < -0.3 is 9.67 Å². The van der Waals surface area contributed by atoms with Crippen molar-refractivity contribution in [2.24, 2.45) is 5.41 Å². The normalized spacial score (nSPS) is 16.5. The summed E-state index contributed by atoms with van der Waals surface area (Å²) < 4.78 is 15.8. The van der Waals surface area contributed by atoms with E-state index in [4.69, 9.17) is 5.11 Å². The number of carboxylic acid groups (broad SMARTS) is 1. The summed E-state index contributed by atoms with van der Waals surface area (Å²) in [5.74, 6) is -1.33. The summed E-state index contributed by atoms with van der Waals surface area (Å²) >= 11 is 1.14. The average molecular weight is 294 g/mol. The summed E-state index contributed by atoms with van der Waals surface area (Å²) in [6.07, 6.45) is 2.29. The largest absolute Gasteiger partial charge is 0.481 e. The molecule has 20 heavy (non-hydrogen) atoms. The summed E-state index contributed by atoms with van der Waals surface area (Å²) in [5.41, 5.74) is 1.30. The lowest BCUT2D eigenvalue weighted by molar-refractivity contribution is -0.133. The van der Waals surface area contributed by atoms with Crippen LogP contribution in [0.15, 0.2) is 23.4 Å². The number of hydrogen-bond donors (Lipinski definition) is 1. The highest BCUT2D eigenvalue weighted by atomic mass is 32.2. The Bertz CT molecular complexity index is 679. The van der Waals surface area contributed by atoms with E-state index in [1.54, 1.807) is 6.07 Å². The monoisotopic (exact) mass is 294 g/mol. The van der Waals surface area contributed by atoms with Gasteiger partial charge in [-0.2, -0.15) is 0 Å². The van der Waals surface area contributed by atoms with Crippen molar-refractivity contribution in [2.45, 2.75) is 31.5 Å². The van der Waals surface area contributed by atoms with E-state index in [0.717, 1.165) is 36.7 Å². The van der Waals surface area contributed by atoms with Crippen molar-refractivity contribution in [1.82, 2.24) is 9.55 Å². The number of fused-ring (bicyclic) bond motifs is 1. The lowest BCUT2D eigenvalue weighted by Gasteiger charge is -2.13. The Morgan fingerprint density at radius 3 is 2.95 bits per heavy atom. The highest BCUT2D eigenvalue weighted by molar-refractivity contribution is 7.99. The number of hydrogen-bond acceptors (Lipinski definition) is 3. The number of carboxylic acids is 1. The molecular formula is C14H15FN2O2S. The minimum absolute atomic E-state index is 0.0678. The van der Waals surface area contributed by atoms with Gasteiger partial charge in [0.05, 0.1) is 11.3 Å². The van der Waals surface area contributed by atoms with E-state index in [9.17, 15) is 9.18 Å². The van der Waals surface area contributed by atoms with Crippen LogP contribution in [0.2, 0.25) is 0 Å². The van der Waals surface area contributed by atoms with E-state index >= 15 is 0 Å². The first-order valence-corrected chi connectivity index (χ1v) is 7.46. The third kappa shape index (κ3) is 2.52. The summed E-state index contributed by atoms with van der Waals surface area (Å²) in [6.45, 7) is 2.94. The number of para-hydroxylation sites is 1. The number of rotatable bonds is 5. The van der Waals surface area contributed by atoms with Crippen LogP contribution in [0, 0.1) is 11.2 Å². The highest BCUT2D eigenvalue weighted by Crippen LogP contribution is 2.47. The molecule has 106 valence electrons. The molecule has 0 spiro atoms. The van der Waals surface area contributed by atoms with Crippen LogP contribution in [0.1, 0.15) is 19.8 Å². The van der Waals surface area contributed by atoms with Crippen molar-refractivity contribution in [2.75, 3.05) is 5.75 Å². The Balaban J connectivity index is 2.03. The van der Waals surface area contributed by atoms with E-state index in [0.29, 0.717) is 10.7 Å². The molecule has 0 bridgehead atoms. The summed E-state index contributed by atoms with van der Waals surface area (Å²) in [5, 5.41) is 9.39. The molecule has 0 amide bonds. The first-order valence-electron chi connectivity index (χ1n) is 6.48. The maximum absolute atomic E-state index is 13.8. The first kappa shape index (κ1) is 13.4. The predicted octanol–water partition coefficient (Wildman–Crippen LogP) is 3.15. The van der Waals surface area contributed by atoms with Gasteiger partial charge in [-0.25, -0.2) is 9.37 Å². The smallest absolute Gasteiger partial charge is 0.313 e.